The smallest absolute Gasteiger partial charge is 0.236 e. The lowest BCUT2D eigenvalue weighted by atomic mass is 10.3. The molecular weight excluding hydrogens is 166 g/mol. The number of nitrogens with two attached hydrogens (primary N) is 1. The first kappa shape index (κ1) is 12.4. The summed E-state index contributed by atoms with van der Waals surface area (Å²) in [5.74, 6) is -0.0650. The summed E-state index contributed by atoms with van der Waals surface area (Å²) in [4.78, 5) is 13.1. The summed E-state index contributed by atoms with van der Waals surface area (Å²) in [6.45, 7) is 3.48. The van der Waals surface area contributed by atoms with E-state index < -0.39 is 6.04 Å². The van der Waals surface area contributed by atoms with E-state index >= 15 is 0 Å². The fraction of sp³-hybridized carbons (Fsp3) is 0.889. The van der Waals surface area contributed by atoms with E-state index in [9.17, 15) is 4.79 Å². The molecule has 0 aromatic heterocycles. The molecule has 78 valence electrons. The summed E-state index contributed by atoms with van der Waals surface area (Å²) in [6.07, 6.45) is 2.11. The van der Waals surface area contributed by atoms with Gasteiger partial charge in [-0.2, -0.15) is 0 Å². The van der Waals surface area contributed by atoms with Gasteiger partial charge in [0.15, 0.2) is 0 Å². The molecule has 0 heterocycles. The van der Waals surface area contributed by atoms with Crippen LogP contribution in [0.4, 0.5) is 0 Å². The molecule has 4 nitrogen and oxygen atoms in total. The Morgan fingerprint density at radius 1 is 1.46 bits per heavy atom. The van der Waals surface area contributed by atoms with Crippen LogP contribution in [0.15, 0.2) is 0 Å². The average molecular weight is 187 g/mol. The van der Waals surface area contributed by atoms with Crippen LogP contribution in [0.2, 0.25) is 0 Å². The third-order valence-electron chi connectivity index (χ3n) is 1.74. The maximum Gasteiger partial charge on any atom is 0.236 e. The Labute approximate surface area is 80.5 Å². The first-order valence-electron chi connectivity index (χ1n) is 4.72. The molecule has 13 heavy (non-hydrogen) atoms. The molecule has 0 aliphatic carbocycles. The van der Waals surface area contributed by atoms with E-state index in [0.717, 1.165) is 25.9 Å². The maximum absolute atomic E-state index is 11.0. The highest BCUT2D eigenvalue weighted by Gasteiger charge is 2.04. The normalized spacial score (nSPS) is 13.0. The Morgan fingerprint density at radius 3 is 2.54 bits per heavy atom. The van der Waals surface area contributed by atoms with Gasteiger partial charge in [-0.15, -0.1) is 0 Å². The summed E-state index contributed by atoms with van der Waals surface area (Å²) in [5.41, 5.74) is 5.38. The number of nitrogens with one attached hydrogen (secondary N) is 1. The topological polar surface area (TPSA) is 58.4 Å². The molecule has 0 bridgehead atoms. The molecule has 0 saturated heterocycles. The van der Waals surface area contributed by atoms with Crippen molar-refractivity contribution in [3.8, 4) is 0 Å². The first-order valence-corrected chi connectivity index (χ1v) is 4.72. The number of carbonyl (C=O) groups is 1. The van der Waals surface area contributed by atoms with Crippen molar-refractivity contribution >= 4 is 5.91 Å². The number of rotatable bonds is 6. The number of amides is 1. The first-order chi connectivity index (χ1) is 6.04. The molecule has 0 rings (SSSR count). The van der Waals surface area contributed by atoms with E-state index in [2.05, 4.69) is 10.2 Å². The number of hydrogen-bond donors (Lipinski definition) is 2. The van der Waals surface area contributed by atoms with E-state index in [-0.39, 0.29) is 5.91 Å². The molecule has 0 aliphatic heterocycles. The van der Waals surface area contributed by atoms with E-state index in [1.807, 2.05) is 14.1 Å². The average Bonchev–Trinajstić information content (AvgIpc) is 2.02. The van der Waals surface area contributed by atoms with Gasteiger partial charge in [0.25, 0.3) is 0 Å². The molecule has 1 amide bonds. The molecule has 0 aromatic carbocycles. The fourth-order valence-corrected chi connectivity index (χ4v) is 0.926. The van der Waals surface area contributed by atoms with Crippen molar-refractivity contribution in [2.24, 2.45) is 5.73 Å². The van der Waals surface area contributed by atoms with Crippen LogP contribution in [0.3, 0.4) is 0 Å². The van der Waals surface area contributed by atoms with Gasteiger partial charge in [-0.25, -0.2) is 0 Å². The van der Waals surface area contributed by atoms with E-state index in [0.29, 0.717) is 0 Å². The summed E-state index contributed by atoms with van der Waals surface area (Å²) in [6, 6.07) is -0.395. The number of carbonyl (C=O) groups excluding carboxylic acids is 1. The standard InChI is InChI=1S/C9H21N3O/c1-8(10)9(13)11-6-4-5-7-12(2)3/h8H,4-7,10H2,1-3H3,(H,11,13). The Balaban J connectivity index is 3.21. The van der Waals surface area contributed by atoms with Crippen LogP contribution in [0, 0.1) is 0 Å². The van der Waals surface area contributed by atoms with Crippen LogP contribution in [-0.4, -0.2) is 44.0 Å². The predicted octanol–water partition coefficient (Wildman–Crippen LogP) is -0.208. The van der Waals surface area contributed by atoms with Gasteiger partial charge in [-0.05, 0) is 40.4 Å². The maximum atomic E-state index is 11.0. The number of nitrogens with zero attached hydrogens (tertiary/aromatic N) is 1. The minimum absolute atomic E-state index is 0.0650. The van der Waals surface area contributed by atoms with Crippen LogP contribution in [0.5, 0.6) is 0 Å². The molecule has 0 spiro atoms. The van der Waals surface area contributed by atoms with Crippen molar-refractivity contribution in [3.63, 3.8) is 0 Å². The van der Waals surface area contributed by atoms with Crippen molar-refractivity contribution in [1.29, 1.82) is 0 Å². The third kappa shape index (κ3) is 7.74. The second kappa shape index (κ2) is 6.86. The second-order valence-electron chi connectivity index (χ2n) is 3.59. The number of unbranched alkanes of at least 4 members (excludes halogenated alkanes) is 1. The Morgan fingerprint density at radius 2 is 2.08 bits per heavy atom. The molecule has 4 heteroatoms. The Bertz CT molecular complexity index is 146. The lowest BCUT2D eigenvalue weighted by molar-refractivity contribution is -0.121. The summed E-state index contributed by atoms with van der Waals surface area (Å²) in [7, 11) is 4.08. The minimum atomic E-state index is -0.395. The van der Waals surface area contributed by atoms with Gasteiger partial charge in [0.05, 0.1) is 6.04 Å². The van der Waals surface area contributed by atoms with Crippen molar-refractivity contribution in [3.05, 3.63) is 0 Å². The molecule has 0 radical (unpaired) electrons. The number of hydrogen-bond acceptors (Lipinski definition) is 3. The molecule has 1 unspecified atom stereocenters. The Kier molecular flexibility index (Phi) is 6.54. The van der Waals surface area contributed by atoms with Crippen molar-refractivity contribution < 1.29 is 4.79 Å². The monoisotopic (exact) mass is 187 g/mol. The third-order valence-corrected chi connectivity index (χ3v) is 1.74. The van der Waals surface area contributed by atoms with Crippen molar-refractivity contribution in [2.75, 3.05) is 27.2 Å². The molecule has 1 atom stereocenters. The van der Waals surface area contributed by atoms with Gasteiger partial charge in [0.2, 0.25) is 5.91 Å². The highest BCUT2D eigenvalue weighted by molar-refractivity contribution is 5.80. The van der Waals surface area contributed by atoms with Gasteiger partial charge in [-0.1, -0.05) is 0 Å². The zero-order valence-corrected chi connectivity index (χ0v) is 8.84. The van der Waals surface area contributed by atoms with Crippen LogP contribution >= 0.6 is 0 Å². The predicted molar refractivity (Wildman–Crippen MR) is 54.4 cm³/mol. The zero-order chi connectivity index (χ0) is 10.3. The second-order valence-corrected chi connectivity index (χ2v) is 3.59. The molecular formula is C9H21N3O. The van der Waals surface area contributed by atoms with Gasteiger partial charge in [-0.3, -0.25) is 4.79 Å². The Hall–Kier alpha value is -0.610. The fourth-order valence-electron chi connectivity index (χ4n) is 0.926. The van der Waals surface area contributed by atoms with Gasteiger partial charge < -0.3 is 16.0 Å². The SMILES string of the molecule is CC(N)C(=O)NCCCCN(C)C. The van der Waals surface area contributed by atoms with E-state index in [4.69, 9.17) is 5.73 Å². The van der Waals surface area contributed by atoms with Gasteiger partial charge in [0, 0.05) is 6.54 Å². The van der Waals surface area contributed by atoms with Crippen LogP contribution in [-0.2, 0) is 4.79 Å². The molecule has 0 saturated carbocycles. The lowest BCUT2D eigenvalue weighted by Crippen LogP contribution is -2.38. The van der Waals surface area contributed by atoms with Crippen LogP contribution < -0.4 is 11.1 Å². The van der Waals surface area contributed by atoms with Crippen LogP contribution in [0.1, 0.15) is 19.8 Å². The largest absolute Gasteiger partial charge is 0.355 e. The molecule has 3 N–H and O–H groups in total. The van der Waals surface area contributed by atoms with E-state index in [1.165, 1.54) is 0 Å². The highest BCUT2D eigenvalue weighted by Crippen LogP contribution is 1.88. The van der Waals surface area contributed by atoms with E-state index in [1.54, 1.807) is 6.92 Å². The quantitative estimate of drug-likeness (QED) is 0.566. The van der Waals surface area contributed by atoms with Gasteiger partial charge in [0.1, 0.15) is 0 Å². The zero-order valence-electron chi connectivity index (χ0n) is 8.84. The van der Waals surface area contributed by atoms with Crippen LogP contribution in [0.25, 0.3) is 0 Å². The summed E-state index contributed by atoms with van der Waals surface area (Å²) in [5, 5.41) is 2.77. The lowest BCUT2D eigenvalue weighted by Gasteiger charge is -2.10. The summed E-state index contributed by atoms with van der Waals surface area (Å²) >= 11 is 0. The molecule has 0 aliphatic rings. The van der Waals surface area contributed by atoms with Crippen molar-refractivity contribution in [1.82, 2.24) is 10.2 Å². The highest BCUT2D eigenvalue weighted by atomic mass is 16.2. The molecule has 0 aromatic rings. The summed E-state index contributed by atoms with van der Waals surface area (Å²) < 4.78 is 0. The van der Waals surface area contributed by atoms with Crippen molar-refractivity contribution in [2.45, 2.75) is 25.8 Å². The minimum Gasteiger partial charge on any atom is -0.355 e. The molecule has 0 fully saturated rings. The van der Waals surface area contributed by atoms with Gasteiger partial charge >= 0.3 is 0 Å².